The van der Waals surface area contributed by atoms with Gasteiger partial charge in [-0.1, -0.05) is 43.2 Å². The molecule has 0 bridgehead atoms. The molecule has 0 radical (unpaired) electrons. The predicted octanol–water partition coefficient (Wildman–Crippen LogP) is 3.30. The summed E-state index contributed by atoms with van der Waals surface area (Å²) in [6, 6.07) is 10.9. The standard InChI is InChI=1S/C18H28N2O/c1-15-13-17(16-9-5-4-6-10-16)14-20(15)18(21)11-7-2-3-8-12-19/h4-6,9-10,15,17H,2-3,7-8,11-14,19H2,1H3. The summed E-state index contributed by atoms with van der Waals surface area (Å²) in [6.45, 7) is 3.82. The molecule has 3 heteroatoms. The van der Waals surface area contributed by atoms with Crippen LogP contribution in [0.3, 0.4) is 0 Å². The van der Waals surface area contributed by atoms with Crippen LogP contribution in [-0.4, -0.2) is 29.9 Å². The maximum atomic E-state index is 12.4. The van der Waals surface area contributed by atoms with Gasteiger partial charge in [-0.2, -0.15) is 0 Å². The van der Waals surface area contributed by atoms with Crippen molar-refractivity contribution < 1.29 is 4.79 Å². The molecule has 116 valence electrons. The van der Waals surface area contributed by atoms with Crippen molar-refractivity contribution in [2.24, 2.45) is 5.73 Å². The second kappa shape index (κ2) is 8.18. The smallest absolute Gasteiger partial charge is 0.222 e. The monoisotopic (exact) mass is 288 g/mol. The van der Waals surface area contributed by atoms with E-state index >= 15 is 0 Å². The number of carbonyl (C=O) groups is 1. The van der Waals surface area contributed by atoms with Gasteiger partial charge in [0.15, 0.2) is 0 Å². The third kappa shape index (κ3) is 4.57. The highest BCUT2D eigenvalue weighted by molar-refractivity contribution is 5.77. The lowest BCUT2D eigenvalue weighted by molar-refractivity contribution is -0.131. The normalized spacial score (nSPS) is 21.7. The molecule has 2 atom stereocenters. The van der Waals surface area contributed by atoms with Gasteiger partial charge in [0.2, 0.25) is 5.91 Å². The zero-order chi connectivity index (χ0) is 15.1. The molecule has 1 aromatic carbocycles. The number of hydrogen-bond donors (Lipinski definition) is 1. The van der Waals surface area contributed by atoms with E-state index in [0.29, 0.717) is 24.3 Å². The Morgan fingerprint density at radius 2 is 1.90 bits per heavy atom. The minimum absolute atomic E-state index is 0.327. The minimum Gasteiger partial charge on any atom is -0.339 e. The van der Waals surface area contributed by atoms with Crippen molar-refractivity contribution in [1.29, 1.82) is 0 Å². The van der Waals surface area contributed by atoms with Gasteiger partial charge in [-0.15, -0.1) is 0 Å². The number of amides is 1. The quantitative estimate of drug-likeness (QED) is 0.783. The highest BCUT2D eigenvalue weighted by Gasteiger charge is 2.32. The first kappa shape index (κ1) is 16.0. The number of unbranched alkanes of at least 4 members (excludes halogenated alkanes) is 3. The molecule has 2 rings (SSSR count). The SMILES string of the molecule is CC1CC(c2ccccc2)CN1C(=O)CCCCCCN. The molecular weight excluding hydrogens is 260 g/mol. The molecule has 21 heavy (non-hydrogen) atoms. The maximum absolute atomic E-state index is 12.4. The first-order valence-corrected chi connectivity index (χ1v) is 8.27. The van der Waals surface area contributed by atoms with Crippen molar-refractivity contribution in [2.45, 2.75) is 57.4 Å². The molecule has 2 N–H and O–H groups in total. The number of benzene rings is 1. The van der Waals surface area contributed by atoms with Crippen LogP contribution in [0.2, 0.25) is 0 Å². The molecule has 0 saturated carbocycles. The van der Waals surface area contributed by atoms with Crippen LogP contribution in [0.1, 0.15) is 56.9 Å². The average Bonchev–Trinajstić information content (AvgIpc) is 2.90. The van der Waals surface area contributed by atoms with Crippen LogP contribution in [0.5, 0.6) is 0 Å². The van der Waals surface area contributed by atoms with E-state index in [2.05, 4.69) is 36.1 Å². The second-order valence-electron chi connectivity index (χ2n) is 6.19. The van der Waals surface area contributed by atoms with Gasteiger partial charge in [-0.3, -0.25) is 4.79 Å². The predicted molar refractivity (Wildman–Crippen MR) is 87.1 cm³/mol. The molecule has 2 unspecified atom stereocenters. The molecule has 3 nitrogen and oxygen atoms in total. The third-order valence-electron chi connectivity index (χ3n) is 4.51. The van der Waals surface area contributed by atoms with Crippen molar-refractivity contribution in [3.8, 4) is 0 Å². The van der Waals surface area contributed by atoms with Crippen LogP contribution >= 0.6 is 0 Å². The summed E-state index contributed by atoms with van der Waals surface area (Å²) in [5, 5.41) is 0. The highest BCUT2D eigenvalue weighted by atomic mass is 16.2. The fraction of sp³-hybridized carbons (Fsp3) is 0.611. The number of nitrogens with two attached hydrogens (primary N) is 1. The Bertz CT molecular complexity index is 432. The Morgan fingerprint density at radius 3 is 2.62 bits per heavy atom. The van der Waals surface area contributed by atoms with Gasteiger partial charge in [-0.05, 0) is 38.3 Å². The van der Waals surface area contributed by atoms with E-state index in [-0.39, 0.29) is 0 Å². The Kier molecular flexibility index (Phi) is 6.24. The maximum Gasteiger partial charge on any atom is 0.222 e. The molecule has 1 aromatic rings. The molecule has 0 spiro atoms. The van der Waals surface area contributed by atoms with Crippen LogP contribution in [0.4, 0.5) is 0 Å². The van der Waals surface area contributed by atoms with Crippen molar-refractivity contribution in [2.75, 3.05) is 13.1 Å². The second-order valence-corrected chi connectivity index (χ2v) is 6.19. The summed E-state index contributed by atoms with van der Waals surface area (Å²) in [5.74, 6) is 0.830. The van der Waals surface area contributed by atoms with Crippen molar-refractivity contribution >= 4 is 5.91 Å². The summed E-state index contributed by atoms with van der Waals surface area (Å²) in [7, 11) is 0. The number of rotatable bonds is 7. The molecule has 1 aliphatic rings. The number of likely N-dealkylation sites (tertiary alicyclic amines) is 1. The van der Waals surface area contributed by atoms with Gasteiger partial charge in [0.1, 0.15) is 0 Å². The topological polar surface area (TPSA) is 46.3 Å². The van der Waals surface area contributed by atoms with Gasteiger partial charge in [-0.25, -0.2) is 0 Å². The Labute approximate surface area is 128 Å². The Balaban J connectivity index is 1.80. The molecule has 1 heterocycles. The molecular formula is C18H28N2O. The fourth-order valence-electron chi connectivity index (χ4n) is 3.26. The molecule has 0 aromatic heterocycles. The lowest BCUT2D eigenvalue weighted by Crippen LogP contribution is -2.33. The number of nitrogens with zero attached hydrogens (tertiary/aromatic N) is 1. The first-order valence-electron chi connectivity index (χ1n) is 8.27. The van der Waals surface area contributed by atoms with Crippen LogP contribution in [0.25, 0.3) is 0 Å². The molecule has 1 saturated heterocycles. The summed E-state index contributed by atoms with van der Waals surface area (Å²) in [4.78, 5) is 14.5. The molecule has 1 fully saturated rings. The van der Waals surface area contributed by atoms with Crippen molar-refractivity contribution in [1.82, 2.24) is 4.90 Å². The van der Waals surface area contributed by atoms with E-state index < -0.39 is 0 Å². The van der Waals surface area contributed by atoms with Crippen LogP contribution in [0.15, 0.2) is 30.3 Å². The van der Waals surface area contributed by atoms with E-state index in [1.54, 1.807) is 0 Å². The van der Waals surface area contributed by atoms with E-state index in [4.69, 9.17) is 5.73 Å². The third-order valence-corrected chi connectivity index (χ3v) is 4.51. The Hall–Kier alpha value is -1.35. The first-order chi connectivity index (χ1) is 10.2. The number of hydrogen-bond acceptors (Lipinski definition) is 2. The lowest BCUT2D eigenvalue weighted by Gasteiger charge is -2.21. The molecule has 1 aliphatic heterocycles. The summed E-state index contributed by atoms with van der Waals surface area (Å²) in [5.41, 5.74) is 6.85. The van der Waals surface area contributed by atoms with Gasteiger partial charge in [0, 0.05) is 24.9 Å². The van der Waals surface area contributed by atoms with Crippen molar-refractivity contribution in [3.63, 3.8) is 0 Å². The molecule has 1 amide bonds. The zero-order valence-corrected chi connectivity index (χ0v) is 13.1. The van der Waals surface area contributed by atoms with Crippen LogP contribution < -0.4 is 5.73 Å². The van der Waals surface area contributed by atoms with Crippen molar-refractivity contribution in [3.05, 3.63) is 35.9 Å². The largest absolute Gasteiger partial charge is 0.339 e. The van der Waals surface area contributed by atoms with Crippen LogP contribution in [0, 0.1) is 0 Å². The average molecular weight is 288 g/mol. The van der Waals surface area contributed by atoms with Gasteiger partial charge < -0.3 is 10.6 Å². The van der Waals surface area contributed by atoms with Gasteiger partial charge in [0.05, 0.1) is 0 Å². The minimum atomic E-state index is 0.327. The van der Waals surface area contributed by atoms with E-state index in [1.807, 2.05) is 6.07 Å². The number of carbonyl (C=O) groups excluding carboxylic acids is 1. The van der Waals surface area contributed by atoms with Crippen LogP contribution in [-0.2, 0) is 4.79 Å². The van der Waals surface area contributed by atoms with E-state index in [0.717, 1.165) is 45.2 Å². The summed E-state index contributed by atoms with van der Waals surface area (Å²) in [6.07, 6.45) is 6.11. The highest BCUT2D eigenvalue weighted by Crippen LogP contribution is 2.32. The van der Waals surface area contributed by atoms with Gasteiger partial charge in [0.25, 0.3) is 0 Å². The molecule has 0 aliphatic carbocycles. The van der Waals surface area contributed by atoms with E-state index in [9.17, 15) is 4.79 Å². The van der Waals surface area contributed by atoms with E-state index in [1.165, 1.54) is 5.56 Å². The Morgan fingerprint density at radius 1 is 1.19 bits per heavy atom. The lowest BCUT2D eigenvalue weighted by atomic mass is 9.97. The zero-order valence-electron chi connectivity index (χ0n) is 13.1. The van der Waals surface area contributed by atoms with Gasteiger partial charge >= 0.3 is 0 Å². The summed E-state index contributed by atoms with van der Waals surface area (Å²) >= 11 is 0. The fourth-order valence-corrected chi connectivity index (χ4v) is 3.26. The summed E-state index contributed by atoms with van der Waals surface area (Å²) < 4.78 is 0.